The number of nitrogens with one attached hydrogen (secondary N) is 1. The van der Waals surface area contributed by atoms with Crippen LogP contribution in [0.3, 0.4) is 0 Å². The molecule has 0 saturated heterocycles. The molecule has 4 heterocycles. The summed E-state index contributed by atoms with van der Waals surface area (Å²) in [5.74, 6) is 2.50. The monoisotopic (exact) mass is 1530 g/mol. The van der Waals surface area contributed by atoms with Gasteiger partial charge in [0.25, 0.3) is 0 Å². The van der Waals surface area contributed by atoms with Crippen LogP contribution in [0.5, 0.6) is 0 Å². The summed E-state index contributed by atoms with van der Waals surface area (Å²) in [6.07, 6.45) is 8.28. The lowest BCUT2D eigenvalue weighted by Gasteiger charge is -2.19. The summed E-state index contributed by atoms with van der Waals surface area (Å²) in [6, 6.07) is 69.8. The highest BCUT2D eigenvalue weighted by Gasteiger charge is 2.23. The Balaban J connectivity index is -0.000000272. The van der Waals surface area contributed by atoms with E-state index >= 15 is 0 Å². The molecule has 0 radical (unpaired) electrons. The largest absolute Gasteiger partial charge is 0.464 e. The van der Waals surface area contributed by atoms with Crippen LogP contribution in [0.1, 0.15) is 179 Å². The van der Waals surface area contributed by atoms with E-state index < -0.39 is 0 Å². The fraction of sp³-hybridized carbons (Fsp3) is 0.361. The number of para-hydroxylation sites is 2. The fourth-order valence-electron chi connectivity index (χ4n) is 10.0. The first-order valence-electron chi connectivity index (χ1n) is 34.1. The fourth-order valence-corrected chi connectivity index (χ4v) is 10.9. The number of hydrogen-bond acceptors (Lipinski definition) is 22. The molecule has 0 amide bonds. The summed E-state index contributed by atoms with van der Waals surface area (Å²) in [5.41, 5.74) is 13.1. The number of aromatic amines is 1. The van der Waals surface area contributed by atoms with Crippen molar-refractivity contribution >= 4 is 87.7 Å². The highest BCUT2D eigenvalue weighted by molar-refractivity contribution is 7.17. The number of aliphatic hydroxyl groups is 6. The van der Waals surface area contributed by atoms with Gasteiger partial charge >= 0.3 is 0 Å². The van der Waals surface area contributed by atoms with E-state index in [2.05, 4.69) is 206 Å². The maximum absolute atomic E-state index is 8.99. The zero-order valence-corrected chi connectivity index (χ0v) is 66.9. The lowest BCUT2D eigenvalue weighted by Crippen LogP contribution is -2.17. The number of nitriles is 1. The van der Waals surface area contributed by atoms with Crippen LogP contribution in [-0.4, -0.2) is 141 Å². The van der Waals surface area contributed by atoms with Crippen LogP contribution in [0, 0.1) is 11.3 Å². The van der Waals surface area contributed by atoms with E-state index in [1.54, 1.807) is 6.26 Å². The van der Waals surface area contributed by atoms with Crippen molar-refractivity contribution < 1.29 is 103 Å². The molecule has 6 unspecified atom stereocenters. The van der Waals surface area contributed by atoms with Crippen molar-refractivity contribution in [2.24, 2.45) is 0 Å². The number of aromatic nitrogens is 1. The van der Waals surface area contributed by atoms with Gasteiger partial charge in [-0.1, -0.05) is 215 Å². The molecule has 22 nitrogen and oxygen atoms in total. The minimum atomic E-state index is -0.318. The van der Waals surface area contributed by atoms with Crippen molar-refractivity contribution in [3.05, 3.63) is 239 Å². The molecule has 0 spiro atoms. The summed E-state index contributed by atoms with van der Waals surface area (Å²) in [6.45, 7) is 26.1. The van der Waals surface area contributed by atoms with Gasteiger partial charge in [-0.15, -0.1) is 22.9 Å². The molecule has 0 fully saturated rings. The molecule has 12 aromatic rings. The molecule has 107 heavy (non-hydrogen) atoms. The molecule has 0 aliphatic rings. The minimum Gasteiger partial charge on any atom is -0.464 e. The summed E-state index contributed by atoms with van der Waals surface area (Å²) in [7, 11) is 6.00. The van der Waals surface area contributed by atoms with Crippen LogP contribution in [0.15, 0.2) is 215 Å². The number of hydrogen-bond donors (Lipinski definition) is 19. The van der Waals surface area contributed by atoms with Gasteiger partial charge in [-0.05, 0) is 169 Å². The molecule has 6 atom stereocenters. The minimum absolute atomic E-state index is 0.193. The zero-order chi connectivity index (χ0) is 83.5. The standard InChI is InChI=1S/C16H17N.C16H16O.C12H14O.C12H14S.C11H13N.C10H13Cl.6CH4O.6H2O2/c1-3-11(2)12-8-6-10-15-16(12)13-7-4-5-9-14(13)17-15;1-3-11(2)12-8-9-14-13-6-4-5-7-15(13)17-16(14)10-12;1-3-9(2)11-5-4-10-6-7-13-12(10)8-11;1-3-9(2)10-4-5-12-11(8-10)6-7-13-12;1-3-11(2,9-12)10-7-5-4-6-8-10;1-3-10(2,11)9-7-5-4-6-8-9;12*1-2/h4-11,17H,3H2,1-2H3;4-11H,3H2,1-2H3;2*4-9H,3H2,1-2H3;4-8H,3H2,1-2H3;4-8H,3H2,1-2H3;6*2H,1H3;6*1-2H. The maximum atomic E-state index is 8.99. The van der Waals surface area contributed by atoms with Gasteiger partial charge in [0.05, 0.1) is 22.6 Å². The van der Waals surface area contributed by atoms with Crippen LogP contribution in [0.4, 0.5) is 0 Å². The highest BCUT2D eigenvalue weighted by Crippen LogP contribution is 2.36. The molecule has 4 aromatic heterocycles. The van der Waals surface area contributed by atoms with Gasteiger partial charge in [-0.2, -0.15) is 5.26 Å². The van der Waals surface area contributed by atoms with Crippen molar-refractivity contribution in [2.75, 3.05) is 42.7 Å². The Kier molecular flexibility index (Phi) is 71.5. The van der Waals surface area contributed by atoms with E-state index in [0.29, 0.717) is 23.7 Å². The van der Waals surface area contributed by atoms with Gasteiger partial charge in [-0.25, -0.2) is 0 Å². The number of halogens is 1. The second-order valence-electron chi connectivity index (χ2n) is 22.5. The molecule has 0 saturated carbocycles. The van der Waals surface area contributed by atoms with Gasteiger partial charge < -0.3 is 44.5 Å². The molecule has 19 N–H and O–H groups in total. The van der Waals surface area contributed by atoms with Crippen LogP contribution < -0.4 is 0 Å². The Hall–Kier alpha value is -8.08. The van der Waals surface area contributed by atoms with Crippen LogP contribution in [-0.2, 0) is 10.3 Å². The average Bonchev–Trinajstić information content (AvgIpc) is 1.64. The van der Waals surface area contributed by atoms with Gasteiger partial charge in [0.15, 0.2) is 0 Å². The first-order valence-corrected chi connectivity index (χ1v) is 35.3. The van der Waals surface area contributed by atoms with Crippen LogP contribution in [0.25, 0.3) is 64.8 Å². The van der Waals surface area contributed by atoms with Gasteiger partial charge in [-0.3, -0.25) is 63.1 Å². The molecular formula is C83H123ClN2O20S. The van der Waals surface area contributed by atoms with E-state index in [0.717, 1.165) is 84.2 Å². The molecule has 12 rings (SSSR count). The summed E-state index contributed by atoms with van der Waals surface area (Å²) in [5, 5.41) is 133. The second-order valence-corrected chi connectivity index (χ2v) is 24.3. The predicted octanol–water partition coefficient (Wildman–Crippen LogP) is 22.5. The number of H-pyrrole nitrogens is 1. The Morgan fingerprint density at radius 3 is 1.32 bits per heavy atom. The normalized spacial score (nSPS) is 11.4. The Bertz CT molecular complexity index is 3910. The summed E-state index contributed by atoms with van der Waals surface area (Å²) < 4.78 is 12.6. The average molecular weight is 1540 g/mol. The maximum Gasteiger partial charge on any atom is 0.135 e. The summed E-state index contributed by atoms with van der Waals surface area (Å²) in [4.78, 5) is 3.30. The molecular weight excluding hydrogens is 1410 g/mol. The topological polar surface area (TPSA) is 430 Å². The van der Waals surface area contributed by atoms with E-state index in [1.165, 1.54) is 95.1 Å². The molecule has 8 aromatic carbocycles. The van der Waals surface area contributed by atoms with Crippen molar-refractivity contribution in [1.29, 1.82) is 5.26 Å². The number of alkyl halides is 1. The summed E-state index contributed by atoms with van der Waals surface area (Å²) >= 11 is 8.06. The third-order valence-corrected chi connectivity index (χ3v) is 18.4. The smallest absolute Gasteiger partial charge is 0.135 e. The van der Waals surface area contributed by atoms with Gasteiger partial charge in [0.2, 0.25) is 0 Å². The number of nitrogens with zero attached hydrogens (tertiary/aromatic N) is 1. The van der Waals surface area contributed by atoms with Crippen LogP contribution in [0.2, 0.25) is 0 Å². The van der Waals surface area contributed by atoms with Crippen molar-refractivity contribution in [2.45, 2.75) is 156 Å². The van der Waals surface area contributed by atoms with E-state index in [-0.39, 0.29) is 10.3 Å². The Morgan fingerprint density at radius 2 is 0.832 bits per heavy atom. The zero-order valence-electron chi connectivity index (χ0n) is 65.3. The molecule has 598 valence electrons. The van der Waals surface area contributed by atoms with Crippen molar-refractivity contribution in [1.82, 2.24) is 4.98 Å². The lowest BCUT2D eigenvalue weighted by molar-refractivity contribution is -0.176. The van der Waals surface area contributed by atoms with Gasteiger partial charge in [0.1, 0.15) is 16.7 Å². The number of rotatable bonds is 12. The molecule has 24 heteroatoms. The number of benzene rings is 8. The Morgan fingerprint density at radius 1 is 0.411 bits per heavy atom. The van der Waals surface area contributed by atoms with Crippen LogP contribution >= 0.6 is 22.9 Å². The number of aliphatic hydroxyl groups excluding tert-OH is 6. The van der Waals surface area contributed by atoms with Gasteiger partial charge in [0, 0.05) is 85.3 Å². The molecule has 0 bridgehead atoms. The number of thiophene rings is 1. The quantitative estimate of drug-likeness (QED) is 0.0307. The SMILES string of the molecule is CCC(C)(C#N)c1ccccc1.CCC(C)(Cl)c1ccccc1.CCC(C)c1ccc2c(c1)oc1ccccc12.CCC(C)c1ccc2ccoc2c1.CCC(C)c1ccc2sccc2c1.CCC(C)c1cccc2[nH]c3ccccc3c12.CO.CO.CO.CO.CO.CO.OO.OO.OO.OO.OO.OO. The van der Waals surface area contributed by atoms with E-state index in [4.69, 9.17) is 119 Å². The number of fused-ring (bicyclic) bond motifs is 8. The van der Waals surface area contributed by atoms with Crippen molar-refractivity contribution in [3.63, 3.8) is 0 Å². The second kappa shape index (κ2) is 69.6. The first kappa shape index (κ1) is 110. The van der Waals surface area contributed by atoms with Crippen molar-refractivity contribution in [3.8, 4) is 6.07 Å². The Labute approximate surface area is 640 Å². The van der Waals surface area contributed by atoms with E-state index in [1.807, 2.05) is 98.8 Å². The molecule has 0 aliphatic carbocycles. The third-order valence-electron chi connectivity index (χ3n) is 17.0. The predicted molar refractivity (Wildman–Crippen MR) is 442 cm³/mol. The third kappa shape index (κ3) is 37.1. The lowest BCUT2D eigenvalue weighted by atomic mass is 9.82. The van der Waals surface area contributed by atoms with E-state index in [9.17, 15) is 0 Å². The first-order chi connectivity index (χ1) is 52.1. The highest BCUT2D eigenvalue weighted by atomic mass is 35.5. The number of furan rings is 2. The molecule has 0 aliphatic heterocycles.